The molecule has 2 amide bonds. The largest absolute Gasteiger partial charge is 0.479 e. The number of rotatable bonds is 1. The molecule has 2 rings (SSSR count). The molecule has 8 heteroatoms. The van der Waals surface area contributed by atoms with E-state index in [9.17, 15) is 24.3 Å². The summed E-state index contributed by atoms with van der Waals surface area (Å²) in [5, 5.41) is 9.48. The highest BCUT2D eigenvalue weighted by atomic mass is 16.6. The van der Waals surface area contributed by atoms with Crippen LogP contribution in [-0.2, 0) is 23.9 Å². The van der Waals surface area contributed by atoms with Gasteiger partial charge in [-0.15, -0.1) is 0 Å². The molecule has 22 heavy (non-hydrogen) atoms. The van der Waals surface area contributed by atoms with Crippen LogP contribution in [0.15, 0.2) is 0 Å². The van der Waals surface area contributed by atoms with Gasteiger partial charge in [0.15, 0.2) is 11.1 Å². The molecule has 1 N–H and O–H groups in total. The van der Waals surface area contributed by atoms with Crippen molar-refractivity contribution in [2.75, 3.05) is 0 Å². The number of carbonyl (C=O) groups excluding carboxylic acids is 3. The van der Waals surface area contributed by atoms with Gasteiger partial charge in [-0.05, 0) is 27.7 Å². The molecule has 0 aromatic heterocycles. The van der Waals surface area contributed by atoms with E-state index in [4.69, 9.17) is 9.47 Å². The van der Waals surface area contributed by atoms with Crippen molar-refractivity contribution in [1.29, 1.82) is 0 Å². The van der Waals surface area contributed by atoms with Gasteiger partial charge in [-0.1, -0.05) is 0 Å². The minimum absolute atomic E-state index is 0.0175. The monoisotopic (exact) mass is 313 g/mol. The number of amides is 2. The van der Waals surface area contributed by atoms with Crippen molar-refractivity contribution < 1.29 is 33.8 Å². The zero-order valence-corrected chi connectivity index (χ0v) is 13.0. The van der Waals surface area contributed by atoms with Gasteiger partial charge in [0, 0.05) is 19.3 Å². The fourth-order valence-corrected chi connectivity index (χ4v) is 2.80. The van der Waals surface area contributed by atoms with Crippen LogP contribution in [0.4, 0.5) is 4.79 Å². The van der Waals surface area contributed by atoms with Gasteiger partial charge in [0.2, 0.25) is 0 Å². The van der Waals surface area contributed by atoms with Crippen LogP contribution < -0.4 is 0 Å². The maximum atomic E-state index is 12.6. The molecular weight excluding hydrogens is 294 g/mol. The summed E-state index contributed by atoms with van der Waals surface area (Å²) in [6.07, 6.45) is -1.25. The SMILES string of the molecule is CC(C)(C)OC(=O)N1C(=O)[C@]2(CCC(=O)O2)C[C@@]1(C)C(=O)O. The van der Waals surface area contributed by atoms with Gasteiger partial charge < -0.3 is 14.6 Å². The second-order valence-corrected chi connectivity index (χ2v) is 6.85. The standard InChI is InChI=1S/C14H19NO7/c1-12(2,3)22-11(20)15-9(17)14(6-5-8(16)21-14)7-13(15,4)10(18)19/h5-7H2,1-4H3,(H,18,19)/t13-,14-/m0/s1. The normalized spacial score (nSPS) is 31.5. The molecule has 0 radical (unpaired) electrons. The number of hydrogen-bond acceptors (Lipinski definition) is 6. The van der Waals surface area contributed by atoms with Crippen LogP contribution >= 0.6 is 0 Å². The van der Waals surface area contributed by atoms with Gasteiger partial charge in [-0.3, -0.25) is 9.59 Å². The van der Waals surface area contributed by atoms with E-state index >= 15 is 0 Å². The first kappa shape index (κ1) is 16.3. The third-order valence-corrected chi connectivity index (χ3v) is 3.80. The van der Waals surface area contributed by atoms with Gasteiger partial charge in [0.1, 0.15) is 5.60 Å². The van der Waals surface area contributed by atoms with E-state index in [2.05, 4.69) is 0 Å². The van der Waals surface area contributed by atoms with Crippen molar-refractivity contribution >= 4 is 23.9 Å². The fraction of sp³-hybridized carbons (Fsp3) is 0.714. The molecule has 0 aromatic rings. The summed E-state index contributed by atoms with van der Waals surface area (Å²) in [5.41, 5.74) is -4.29. The number of carbonyl (C=O) groups is 4. The van der Waals surface area contributed by atoms with E-state index in [-0.39, 0.29) is 19.3 Å². The summed E-state index contributed by atoms with van der Waals surface area (Å²) < 4.78 is 10.2. The maximum Gasteiger partial charge on any atom is 0.418 e. The van der Waals surface area contributed by atoms with Crippen molar-refractivity contribution in [3.05, 3.63) is 0 Å². The summed E-state index contributed by atoms with van der Waals surface area (Å²) in [7, 11) is 0. The number of aliphatic carboxylic acids is 1. The summed E-state index contributed by atoms with van der Waals surface area (Å²) in [5.74, 6) is -2.77. The topological polar surface area (TPSA) is 110 Å². The predicted molar refractivity (Wildman–Crippen MR) is 71.8 cm³/mol. The van der Waals surface area contributed by atoms with E-state index in [1.807, 2.05) is 0 Å². The molecule has 0 aliphatic carbocycles. The Morgan fingerprint density at radius 3 is 2.32 bits per heavy atom. The molecule has 1 spiro atoms. The number of likely N-dealkylation sites (tertiary alicyclic amines) is 1. The van der Waals surface area contributed by atoms with Crippen LogP contribution in [0, 0.1) is 0 Å². The molecular formula is C14H19NO7. The van der Waals surface area contributed by atoms with Crippen LogP contribution in [0.3, 0.4) is 0 Å². The summed E-state index contributed by atoms with van der Waals surface area (Å²) >= 11 is 0. The van der Waals surface area contributed by atoms with Crippen molar-refractivity contribution in [3.8, 4) is 0 Å². The Labute approximate surface area is 127 Å². The molecule has 2 heterocycles. The molecule has 2 saturated heterocycles. The number of esters is 1. The molecule has 2 fully saturated rings. The number of carboxylic acid groups (broad SMARTS) is 1. The lowest BCUT2D eigenvalue weighted by Crippen LogP contribution is -2.54. The van der Waals surface area contributed by atoms with Crippen molar-refractivity contribution in [2.45, 2.75) is 63.7 Å². The predicted octanol–water partition coefficient (Wildman–Crippen LogP) is 1.07. The molecule has 2 aliphatic heterocycles. The lowest BCUT2D eigenvalue weighted by Gasteiger charge is -2.30. The third-order valence-electron chi connectivity index (χ3n) is 3.80. The maximum absolute atomic E-state index is 12.6. The van der Waals surface area contributed by atoms with E-state index in [1.165, 1.54) is 6.92 Å². The van der Waals surface area contributed by atoms with Crippen LogP contribution in [-0.4, -0.2) is 50.7 Å². The number of carboxylic acids is 1. The quantitative estimate of drug-likeness (QED) is 0.721. The average Bonchev–Trinajstić information content (AvgIpc) is 2.78. The van der Waals surface area contributed by atoms with E-state index in [1.54, 1.807) is 20.8 Å². The number of hydrogen-bond donors (Lipinski definition) is 1. The average molecular weight is 313 g/mol. The van der Waals surface area contributed by atoms with Crippen LogP contribution in [0.2, 0.25) is 0 Å². The summed E-state index contributed by atoms with van der Waals surface area (Å²) in [6.45, 7) is 6.07. The molecule has 0 unspecified atom stereocenters. The van der Waals surface area contributed by atoms with Gasteiger partial charge >= 0.3 is 18.0 Å². The first-order chi connectivity index (χ1) is 9.91. The van der Waals surface area contributed by atoms with Gasteiger partial charge in [0.05, 0.1) is 0 Å². The lowest BCUT2D eigenvalue weighted by molar-refractivity contribution is -0.158. The summed E-state index contributed by atoms with van der Waals surface area (Å²) in [4.78, 5) is 48.5. The number of imide groups is 1. The molecule has 0 bridgehead atoms. The van der Waals surface area contributed by atoms with Crippen LogP contribution in [0.5, 0.6) is 0 Å². The highest BCUT2D eigenvalue weighted by molar-refractivity contribution is 6.07. The molecule has 8 nitrogen and oxygen atoms in total. The van der Waals surface area contributed by atoms with Gasteiger partial charge in [-0.25, -0.2) is 14.5 Å². The Balaban J connectivity index is 2.41. The van der Waals surface area contributed by atoms with Crippen molar-refractivity contribution in [3.63, 3.8) is 0 Å². The summed E-state index contributed by atoms with van der Waals surface area (Å²) in [6, 6.07) is 0. The minimum atomic E-state index is -1.82. The third kappa shape index (κ3) is 2.42. The zero-order chi connectivity index (χ0) is 16.9. The van der Waals surface area contributed by atoms with Crippen molar-refractivity contribution in [2.24, 2.45) is 0 Å². The van der Waals surface area contributed by atoms with Crippen LogP contribution in [0.1, 0.15) is 47.0 Å². The minimum Gasteiger partial charge on any atom is -0.479 e. The lowest BCUT2D eigenvalue weighted by atomic mass is 9.89. The van der Waals surface area contributed by atoms with Gasteiger partial charge in [-0.2, -0.15) is 0 Å². The highest BCUT2D eigenvalue weighted by Gasteiger charge is 2.67. The van der Waals surface area contributed by atoms with E-state index < -0.39 is 40.7 Å². The van der Waals surface area contributed by atoms with E-state index in [0.29, 0.717) is 4.90 Å². The molecule has 2 atom stereocenters. The Bertz CT molecular complexity index is 564. The molecule has 0 saturated carbocycles. The molecule has 0 aromatic carbocycles. The smallest absolute Gasteiger partial charge is 0.418 e. The van der Waals surface area contributed by atoms with E-state index in [0.717, 1.165) is 0 Å². The second kappa shape index (κ2) is 4.69. The van der Waals surface area contributed by atoms with Gasteiger partial charge in [0.25, 0.3) is 5.91 Å². The van der Waals surface area contributed by atoms with Crippen LogP contribution in [0.25, 0.3) is 0 Å². The Morgan fingerprint density at radius 1 is 1.32 bits per heavy atom. The zero-order valence-electron chi connectivity index (χ0n) is 13.0. The Kier molecular flexibility index (Phi) is 3.46. The number of ether oxygens (including phenoxy) is 2. The highest BCUT2D eigenvalue weighted by Crippen LogP contribution is 2.45. The Hall–Kier alpha value is -2.12. The first-order valence-corrected chi connectivity index (χ1v) is 6.94. The second-order valence-electron chi connectivity index (χ2n) is 6.85. The first-order valence-electron chi connectivity index (χ1n) is 6.94. The van der Waals surface area contributed by atoms with Crippen molar-refractivity contribution in [1.82, 2.24) is 4.90 Å². The Morgan fingerprint density at radius 2 is 1.91 bits per heavy atom. The molecule has 122 valence electrons. The fourth-order valence-electron chi connectivity index (χ4n) is 2.80. The molecule has 2 aliphatic rings. The number of nitrogens with zero attached hydrogens (tertiary/aromatic N) is 1.